The largest absolute Gasteiger partial charge is 0.416 e. The molecule has 2 aromatic carbocycles. The number of rotatable bonds is 6. The van der Waals surface area contributed by atoms with Crippen molar-refractivity contribution >= 4 is 5.91 Å². The van der Waals surface area contributed by atoms with Crippen LogP contribution < -0.4 is 0 Å². The molecule has 0 bridgehead atoms. The summed E-state index contributed by atoms with van der Waals surface area (Å²) >= 11 is 0. The molecule has 0 aliphatic carbocycles. The molecule has 0 saturated carbocycles. The smallest absolute Gasteiger partial charge is 0.340 e. The maximum atomic E-state index is 12.9. The van der Waals surface area contributed by atoms with E-state index in [4.69, 9.17) is 4.52 Å². The number of aryl methyl sites for hydroxylation is 1. The van der Waals surface area contributed by atoms with Gasteiger partial charge in [0.25, 0.3) is 0 Å². The second-order valence-corrected chi connectivity index (χ2v) is 7.73. The molecular weight excluding hydrogens is 421 g/mol. The first kappa shape index (κ1) is 22.0. The Kier molecular flexibility index (Phi) is 6.55. The van der Waals surface area contributed by atoms with Crippen LogP contribution in [0.15, 0.2) is 59.1 Å². The standard InChI is InChI=1S/C23H23F3N4O2/c24-23(25,26)19-8-4-7-18(15-19)22-27-20(32-28-22)9-10-21(31)30-13-11-29(12-14-30)16-17-5-2-1-3-6-17/h1-8,15H,9-14,16H2. The molecule has 168 valence electrons. The monoisotopic (exact) mass is 444 g/mol. The first-order valence-corrected chi connectivity index (χ1v) is 10.4. The molecule has 1 saturated heterocycles. The van der Waals surface area contributed by atoms with Crippen molar-refractivity contribution in [3.05, 3.63) is 71.6 Å². The number of alkyl halides is 3. The molecule has 0 N–H and O–H groups in total. The van der Waals surface area contributed by atoms with E-state index in [1.54, 1.807) is 0 Å². The lowest BCUT2D eigenvalue weighted by Gasteiger charge is -2.34. The van der Waals surface area contributed by atoms with Crippen molar-refractivity contribution in [3.63, 3.8) is 0 Å². The van der Waals surface area contributed by atoms with Crippen LogP contribution in [-0.4, -0.2) is 52.0 Å². The molecule has 32 heavy (non-hydrogen) atoms. The highest BCUT2D eigenvalue weighted by Crippen LogP contribution is 2.31. The minimum absolute atomic E-state index is 0.00294. The summed E-state index contributed by atoms with van der Waals surface area (Å²) in [6, 6.07) is 15.0. The van der Waals surface area contributed by atoms with E-state index in [2.05, 4.69) is 27.2 Å². The summed E-state index contributed by atoms with van der Waals surface area (Å²) in [7, 11) is 0. The third kappa shape index (κ3) is 5.53. The third-order valence-electron chi connectivity index (χ3n) is 5.44. The van der Waals surface area contributed by atoms with Crippen molar-refractivity contribution in [2.45, 2.75) is 25.6 Å². The maximum absolute atomic E-state index is 12.9. The van der Waals surface area contributed by atoms with Crippen molar-refractivity contribution in [3.8, 4) is 11.4 Å². The van der Waals surface area contributed by atoms with Gasteiger partial charge in [-0.3, -0.25) is 9.69 Å². The van der Waals surface area contributed by atoms with Crippen molar-refractivity contribution in [1.29, 1.82) is 0 Å². The van der Waals surface area contributed by atoms with Crippen molar-refractivity contribution < 1.29 is 22.5 Å². The molecule has 2 heterocycles. The average molecular weight is 444 g/mol. The van der Waals surface area contributed by atoms with Crippen LogP contribution in [0.2, 0.25) is 0 Å². The number of piperazine rings is 1. The molecule has 1 amide bonds. The lowest BCUT2D eigenvalue weighted by atomic mass is 10.1. The molecule has 0 unspecified atom stereocenters. The summed E-state index contributed by atoms with van der Waals surface area (Å²) in [6.07, 6.45) is -3.99. The number of aromatic nitrogens is 2. The maximum Gasteiger partial charge on any atom is 0.416 e. The number of carbonyl (C=O) groups is 1. The summed E-state index contributed by atoms with van der Waals surface area (Å²) in [4.78, 5) is 20.9. The summed E-state index contributed by atoms with van der Waals surface area (Å²) in [5, 5.41) is 3.76. The van der Waals surface area contributed by atoms with Crippen LogP contribution in [0, 0.1) is 0 Å². The quantitative estimate of drug-likeness (QED) is 0.575. The van der Waals surface area contributed by atoms with Gasteiger partial charge in [0.15, 0.2) is 0 Å². The molecular formula is C23H23F3N4O2. The van der Waals surface area contributed by atoms with Crippen molar-refractivity contribution in [1.82, 2.24) is 19.9 Å². The lowest BCUT2D eigenvalue weighted by Crippen LogP contribution is -2.48. The number of hydrogen-bond acceptors (Lipinski definition) is 5. The van der Waals surface area contributed by atoms with Gasteiger partial charge in [0.2, 0.25) is 17.6 Å². The predicted octanol–water partition coefficient (Wildman–Crippen LogP) is 4.03. The zero-order valence-corrected chi connectivity index (χ0v) is 17.4. The molecule has 1 aliphatic rings. The number of hydrogen-bond donors (Lipinski definition) is 0. The lowest BCUT2D eigenvalue weighted by molar-refractivity contribution is -0.137. The van der Waals surface area contributed by atoms with Gasteiger partial charge in [0.05, 0.1) is 5.56 Å². The first-order chi connectivity index (χ1) is 15.4. The summed E-state index contributed by atoms with van der Waals surface area (Å²) in [5.74, 6) is 0.310. The fraction of sp³-hybridized carbons (Fsp3) is 0.348. The number of nitrogens with zero attached hydrogens (tertiary/aromatic N) is 4. The molecule has 6 nitrogen and oxygen atoms in total. The Morgan fingerprint density at radius 2 is 1.75 bits per heavy atom. The van der Waals surface area contributed by atoms with Gasteiger partial charge in [-0.15, -0.1) is 0 Å². The van der Waals surface area contributed by atoms with Gasteiger partial charge >= 0.3 is 6.18 Å². The van der Waals surface area contributed by atoms with Gasteiger partial charge < -0.3 is 9.42 Å². The summed E-state index contributed by atoms with van der Waals surface area (Å²) in [6.45, 7) is 3.79. The van der Waals surface area contributed by atoms with Crippen LogP contribution in [0.5, 0.6) is 0 Å². The Labute approximate surface area is 183 Å². The van der Waals surface area contributed by atoms with Crippen molar-refractivity contribution in [2.24, 2.45) is 0 Å². The van der Waals surface area contributed by atoms with Gasteiger partial charge in [-0.25, -0.2) is 0 Å². The van der Waals surface area contributed by atoms with Gasteiger partial charge in [-0.05, 0) is 17.7 Å². The van der Waals surface area contributed by atoms with Crippen LogP contribution in [0.1, 0.15) is 23.4 Å². The van der Waals surface area contributed by atoms with E-state index in [9.17, 15) is 18.0 Å². The first-order valence-electron chi connectivity index (χ1n) is 10.4. The molecule has 0 radical (unpaired) electrons. The van der Waals surface area contributed by atoms with Gasteiger partial charge in [0.1, 0.15) is 0 Å². The summed E-state index contributed by atoms with van der Waals surface area (Å²) < 4.78 is 43.8. The number of benzene rings is 2. The molecule has 1 aliphatic heterocycles. The van der Waals surface area contributed by atoms with Gasteiger partial charge in [-0.1, -0.05) is 47.6 Å². The average Bonchev–Trinajstić information content (AvgIpc) is 3.27. The Hall–Kier alpha value is -3.20. The number of amides is 1. The van der Waals surface area contributed by atoms with E-state index in [-0.39, 0.29) is 36.0 Å². The predicted molar refractivity (Wildman–Crippen MR) is 111 cm³/mol. The van der Waals surface area contributed by atoms with E-state index in [0.29, 0.717) is 13.1 Å². The molecule has 1 aromatic heterocycles. The minimum Gasteiger partial charge on any atom is -0.340 e. The van der Waals surface area contributed by atoms with E-state index in [1.807, 2.05) is 23.1 Å². The zero-order chi connectivity index (χ0) is 22.6. The summed E-state index contributed by atoms with van der Waals surface area (Å²) in [5.41, 5.74) is 0.693. The number of halogens is 3. The Bertz CT molecular complexity index is 1040. The van der Waals surface area contributed by atoms with Crippen LogP contribution in [0.3, 0.4) is 0 Å². The third-order valence-corrected chi connectivity index (χ3v) is 5.44. The van der Waals surface area contributed by atoms with Crippen LogP contribution in [-0.2, 0) is 23.9 Å². The van der Waals surface area contributed by atoms with E-state index in [1.165, 1.54) is 17.7 Å². The Morgan fingerprint density at radius 3 is 2.47 bits per heavy atom. The Balaban J connectivity index is 1.27. The highest BCUT2D eigenvalue weighted by atomic mass is 19.4. The van der Waals surface area contributed by atoms with Crippen molar-refractivity contribution in [2.75, 3.05) is 26.2 Å². The fourth-order valence-corrected chi connectivity index (χ4v) is 3.68. The SMILES string of the molecule is O=C(CCc1nc(-c2cccc(C(F)(F)F)c2)no1)N1CCN(Cc2ccccc2)CC1. The van der Waals surface area contributed by atoms with Gasteiger partial charge in [-0.2, -0.15) is 18.2 Å². The molecule has 9 heteroatoms. The second kappa shape index (κ2) is 9.52. The fourth-order valence-electron chi connectivity index (χ4n) is 3.68. The minimum atomic E-state index is -4.44. The number of carbonyl (C=O) groups excluding carboxylic acids is 1. The van der Waals surface area contributed by atoms with Crippen LogP contribution >= 0.6 is 0 Å². The highest BCUT2D eigenvalue weighted by molar-refractivity contribution is 5.76. The van der Waals surface area contributed by atoms with Gasteiger partial charge in [0, 0.05) is 51.1 Å². The van der Waals surface area contributed by atoms with E-state index in [0.717, 1.165) is 31.8 Å². The molecule has 3 aromatic rings. The van der Waals surface area contributed by atoms with E-state index < -0.39 is 11.7 Å². The zero-order valence-electron chi connectivity index (χ0n) is 17.4. The Morgan fingerprint density at radius 1 is 1.00 bits per heavy atom. The van der Waals surface area contributed by atoms with Crippen LogP contribution in [0.25, 0.3) is 11.4 Å². The molecule has 0 spiro atoms. The molecule has 0 atom stereocenters. The normalized spacial score (nSPS) is 15.2. The topological polar surface area (TPSA) is 62.5 Å². The van der Waals surface area contributed by atoms with Crippen LogP contribution in [0.4, 0.5) is 13.2 Å². The second-order valence-electron chi connectivity index (χ2n) is 7.73. The highest BCUT2D eigenvalue weighted by Gasteiger charge is 2.31. The molecule has 4 rings (SSSR count). The van der Waals surface area contributed by atoms with E-state index >= 15 is 0 Å². The molecule has 1 fully saturated rings.